The molecule has 0 saturated heterocycles. The van der Waals surface area contributed by atoms with Gasteiger partial charge in [-0.1, -0.05) is 12.1 Å². The summed E-state index contributed by atoms with van der Waals surface area (Å²) >= 11 is 0. The third kappa shape index (κ3) is 1.59. The number of ether oxygens (including phenoxy) is 1. The highest BCUT2D eigenvalue weighted by atomic mass is 16.5. The molecule has 5 nitrogen and oxygen atoms in total. The molecule has 22 heavy (non-hydrogen) atoms. The molecule has 0 saturated carbocycles. The van der Waals surface area contributed by atoms with Gasteiger partial charge in [0.05, 0.1) is 23.8 Å². The van der Waals surface area contributed by atoms with Gasteiger partial charge in [0.25, 0.3) is 0 Å². The Morgan fingerprint density at radius 1 is 0.864 bits per heavy atom. The molecule has 1 aliphatic carbocycles. The van der Waals surface area contributed by atoms with E-state index in [9.17, 15) is 19.8 Å². The molecule has 5 heteroatoms. The number of fused-ring (bicyclic) bond motifs is 2. The average Bonchev–Trinajstić information content (AvgIpc) is 2.53. The van der Waals surface area contributed by atoms with E-state index < -0.39 is 11.6 Å². The van der Waals surface area contributed by atoms with Crippen molar-refractivity contribution in [2.24, 2.45) is 0 Å². The number of hydrogen-bond acceptors (Lipinski definition) is 5. The Labute approximate surface area is 126 Å². The molecule has 0 aliphatic heterocycles. The first-order valence-electron chi connectivity index (χ1n) is 6.71. The quantitative estimate of drug-likeness (QED) is 0.674. The second-order valence-corrected chi connectivity index (χ2v) is 5.24. The summed E-state index contributed by atoms with van der Waals surface area (Å²) in [6.45, 7) is 3.17. The molecular weight excluding hydrogens is 284 g/mol. The van der Waals surface area contributed by atoms with Gasteiger partial charge in [0.15, 0.2) is 5.78 Å². The molecule has 0 unspecified atom stereocenters. The van der Waals surface area contributed by atoms with Gasteiger partial charge in [0.1, 0.15) is 17.2 Å². The summed E-state index contributed by atoms with van der Waals surface area (Å²) in [5.74, 6) is -1.31. The van der Waals surface area contributed by atoms with Crippen molar-refractivity contribution in [3.8, 4) is 17.2 Å². The number of carbonyl (C=O) groups is 2. The molecule has 0 heterocycles. The number of phenolic OH excluding ortho intramolecular Hbond substituents is 2. The Morgan fingerprint density at radius 2 is 1.41 bits per heavy atom. The van der Waals surface area contributed by atoms with Crippen molar-refractivity contribution in [3.63, 3.8) is 0 Å². The first-order valence-corrected chi connectivity index (χ1v) is 6.71. The Bertz CT molecular complexity index is 849. The van der Waals surface area contributed by atoms with Crippen molar-refractivity contribution in [3.05, 3.63) is 51.6 Å². The zero-order chi connectivity index (χ0) is 16.2. The van der Waals surface area contributed by atoms with Crippen LogP contribution >= 0.6 is 0 Å². The van der Waals surface area contributed by atoms with Gasteiger partial charge >= 0.3 is 0 Å². The van der Waals surface area contributed by atoms with Crippen LogP contribution in [-0.4, -0.2) is 28.9 Å². The maximum atomic E-state index is 12.8. The van der Waals surface area contributed by atoms with Crippen LogP contribution in [0.3, 0.4) is 0 Å². The van der Waals surface area contributed by atoms with Crippen LogP contribution in [0.25, 0.3) is 0 Å². The van der Waals surface area contributed by atoms with E-state index in [0.29, 0.717) is 11.1 Å². The molecule has 0 radical (unpaired) electrons. The molecule has 0 amide bonds. The highest BCUT2D eigenvalue weighted by Crippen LogP contribution is 2.43. The molecule has 2 N–H and O–H groups in total. The van der Waals surface area contributed by atoms with E-state index in [4.69, 9.17) is 4.74 Å². The first-order chi connectivity index (χ1) is 10.4. The van der Waals surface area contributed by atoms with Crippen molar-refractivity contribution in [1.29, 1.82) is 0 Å². The molecule has 3 rings (SSSR count). The number of ketones is 2. The third-order valence-electron chi connectivity index (χ3n) is 4.17. The molecule has 2 aromatic carbocycles. The lowest BCUT2D eigenvalue weighted by Gasteiger charge is -2.23. The third-order valence-corrected chi connectivity index (χ3v) is 4.17. The molecule has 0 spiro atoms. The van der Waals surface area contributed by atoms with Crippen LogP contribution in [0.5, 0.6) is 17.2 Å². The monoisotopic (exact) mass is 298 g/mol. The minimum atomic E-state index is -0.530. The summed E-state index contributed by atoms with van der Waals surface area (Å²) in [7, 11) is 1.40. The lowest BCUT2D eigenvalue weighted by Crippen LogP contribution is -2.22. The van der Waals surface area contributed by atoms with Gasteiger partial charge in [-0.3, -0.25) is 9.59 Å². The maximum Gasteiger partial charge on any atom is 0.202 e. The highest BCUT2D eigenvalue weighted by Gasteiger charge is 2.38. The van der Waals surface area contributed by atoms with Gasteiger partial charge in [0, 0.05) is 5.56 Å². The zero-order valence-electron chi connectivity index (χ0n) is 12.4. The van der Waals surface area contributed by atoms with Crippen LogP contribution in [0, 0.1) is 13.8 Å². The van der Waals surface area contributed by atoms with E-state index in [-0.39, 0.29) is 39.5 Å². The van der Waals surface area contributed by atoms with Crippen molar-refractivity contribution in [2.75, 3.05) is 7.11 Å². The first kappa shape index (κ1) is 14.1. The molecule has 0 fully saturated rings. The van der Waals surface area contributed by atoms with Gasteiger partial charge in [-0.15, -0.1) is 0 Å². The van der Waals surface area contributed by atoms with Crippen molar-refractivity contribution >= 4 is 11.6 Å². The van der Waals surface area contributed by atoms with Crippen LogP contribution < -0.4 is 4.74 Å². The minimum absolute atomic E-state index is 0.112. The molecule has 0 bridgehead atoms. The highest BCUT2D eigenvalue weighted by molar-refractivity contribution is 6.31. The molecule has 112 valence electrons. The molecule has 2 aromatic rings. The Balaban J connectivity index is 2.45. The number of phenols is 2. The Hall–Kier alpha value is -2.82. The molecule has 0 aromatic heterocycles. The van der Waals surface area contributed by atoms with Crippen LogP contribution in [-0.2, 0) is 0 Å². The van der Waals surface area contributed by atoms with Crippen LogP contribution in [0.15, 0.2) is 18.2 Å². The van der Waals surface area contributed by atoms with E-state index in [1.165, 1.54) is 13.2 Å². The maximum absolute atomic E-state index is 12.8. The summed E-state index contributed by atoms with van der Waals surface area (Å²) in [4.78, 5) is 25.4. The van der Waals surface area contributed by atoms with E-state index in [1.54, 1.807) is 26.0 Å². The summed E-state index contributed by atoms with van der Waals surface area (Å²) < 4.78 is 5.15. The smallest absolute Gasteiger partial charge is 0.202 e. The van der Waals surface area contributed by atoms with Gasteiger partial charge in [-0.25, -0.2) is 0 Å². The van der Waals surface area contributed by atoms with Gasteiger partial charge in [-0.05, 0) is 31.0 Å². The Kier molecular flexibility index (Phi) is 2.95. The van der Waals surface area contributed by atoms with Crippen LogP contribution in [0.4, 0.5) is 0 Å². The average molecular weight is 298 g/mol. The molecule has 1 aliphatic rings. The van der Waals surface area contributed by atoms with E-state index in [2.05, 4.69) is 0 Å². The fourth-order valence-electron chi connectivity index (χ4n) is 2.79. The summed E-state index contributed by atoms with van der Waals surface area (Å²) in [5.41, 5.74) is 0.712. The Morgan fingerprint density at radius 3 is 1.95 bits per heavy atom. The van der Waals surface area contributed by atoms with Crippen molar-refractivity contribution in [1.82, 2.24) is 0 Å². The summed E-state index contributed by atoms with van der Waals surface area (Å²) in [5, 5.41) is 20.6. The van der Waals surface area contributed by atoms with Gasteiger partial charge in [0.2, 0.25) is 5.78 Å². The molecular formula is C17H14O5. The predicted octanol–water partition coefficient (Wildman–Crippen LogP) is 2.50. The van der Waals surface area contributed by atoms with Crippen LogP contribution in [0.2, 0.25) is 0 Å². The molecule has 0 atom stereocenters. The summed E-state index contributed by atoms with van der Waals surface area (Å²) in [6.07, 6.45) is 0. The predicted molar refractivity (Wildman–Crippen MR) is 79.1 cm³/mol. The van der Waals surface area contributed by atoms with Crippen molar-refractivity contribution < 1.29 is 24.5 Å². The fourth-order valence-corrected chi connectivity index (χ4v) is 2.79. The SMILES string of the molecule is COc1cccc2c1C(=O)c1c(O)c(C)c(C)c(O)c1C2=O. The van der Waals surface area contributed by atoms with E-state index >= 15 is 0 Å². The fraction of sp³-hybridized carbons (Fsp3) is 0.176. The number of aromatic hydroxyl groups is 2. The lowest BCUT2D eigenvalue weighted by atomic mass is 9.80. The second kappa shape index (κ2) is 4.59. The second-order valence-electron chi connectivity index (χ2n) is 5.24. The van der Waals surface area contributed by atoms with Crippen molar-refractivity contribution in [2.45, 2.75) is 13.8 Å². The standard InChI is InChI=1S/C17H14O5/c1-7-8(2)15(19)13-12(14(7)18)16(20)9-5-4-6-10(22-3)11(9)17(13)21/h4-6,18-19H,1-3H3. The van der Waals surface area contributed by atoms with E-state index in [1.807, 2.05) is 0 Å². The van der Waals surface area contributed by atoms with Gasteiger partial charge in [-0.2, -0.15) is 0 Å². The number of benzene rings is 2. The number of rotatable bonds is 1. The van der Waals surface area contributed by atoms with Gasteiger partial charge < -0.3 is 14.9 Å². The van der Waals surface area contributed by atoms with Crippen LogP contribution in [0.1, 0.15) is 43.0 Å². The topological polar surface area (TPSA) is 83.8 Å². The number of methoxy groups -OCH3 is 1. The summed E-state index contributed by atoms with van der Waals surface area (Å²) in [6, 6.07) is 4.69. The normalized spacial score (nSPS) is 12.9. The van der Waals surface area contributed by atoms with E-state index in [0.717, 1.165) is 0 Å². The zero-order valence-corrected chi connectivity index (χ0v) is 12.4. The minimum Gasteiger partial charge on any atom is -0.507 e. The number of carbonyl (C=O) groups excluding carboxylic acids is 2. The lowest BCUT2D eigenvalue weighted by molar-refractivity contribution is 0.0971. The largest absolute Gasteiger partial charge is 0.507 e. The number of hydrogen-bond donors (Lipinski definition) is 2.